The Bertz CT molecular complexity index is 383. The molecule has 0 radical (unpaired) electrons. The van der Waals surface area contributed by atoms with E-state index in [2.05, 4.69) is 4.18 Å². The Balaban J connectivity index is 2.87. The Morgan fingerprint density at radius 3 is 2.54 bits per heavy atom. The van der Waals surface area contributed by atoms with Crippen LogP contribution in [0.5, 0.6) is 0 Å². The number of aryl methyl sites for hydroxylation is 1. The van der Waals surface area contributed by atoms with Gasteiger partial charge in [0.25, 0.3) is 10.1 Å². The molecule has 1 aromatic carbocycles. The maximum atomic E-state index is 11.4. The summed E-state index contributed by atoms with van der Waals surface area (Å²) in [6, 6.07) is 6.40. The van der Waals surface area contributed by atoms with Crippen molar-refractivity contribution < 1.29 is 14.0 Å². The van der Waals surface area contributed by atoms with Gasteiger partial charge in [-0.3, -0.25) is 4.18 Å². The van der Waals surface area contributed by atoms with Crippen molar-refractivity contribution in [1.82, 2.24) is 0 Å². The van der Waals surface area contributed by atoms with Gasteiger partial charge >= 0.3 is 0 Å². The average molecular weight is 201 g/mol. The lowest BCUT2D eigenvalue weighted by Crippen LogP contribution is -2.05. The molecule has 0 fully saturated rings. The van der Waals surface area contributed by atoms with Gasteiger partial charge in [0.15, 0.2) is 0 Å². The molecule has 0 bridgehead atoms. The lowest BCUT2D eigenvalue weighted by molar-refractivity contribution is 0.338. The number of rotatable bonds is 3. The summed E-state index contributed by atoms with van der Waals surface area (Å²) in [6.07, 6.45) is 0. The van der Waals surface area contributed by atoms with Crippen LogP contribution < -0.4 is 0 Å². The molecule has 0 saturated heterocycles. The van der Waals surface area contributed by atoms with Crippen LogP contribution in [0, 0.1) is 6.92 Å². The third-order valence-corrected chi connectivity index (χ3v) is 2.87. The molecule has 0 N–H and O–H groups in total. The van der Waals surface area contributed by atoms with Crippen LogP contribution in [-0.4, -0.2) is 15.0 Å². The van der Waals surface area contributed by atoms with E-state index >= 15 is 0 Å². The Morgan fingerprint density at radius 2 is 2.00 bits per heavy atom. The zero-order chi connectivity index (χ0) is 10.6. The van der Waals surface area contributed by atoms with Gasteiger partial charge < -0.3 is 0 Å². The van der Waals surface area contributed by atoms with E-state index in [1.807, 2.05) is 6.92 Å². The van der Waals surface area contributed by atoms with Crippen molar-refractivity contribution in [2.45, 2.75) is 18.7 Å². The van der Waals surface area contributed by atoms with Crippen molar-refractivity contribution >= 4 is 10.1 Å². The third-order valence-electron chi connectivity index (χ3n) is 1.55. The fourth-order valence-electron chi connectivity index (χ4n) is 0.883. The lowest BCUT2D eigenvalue weighted by atomic mass is 10.2. The monoisotopic (exact) mass is 201 g/mol. The summed E-state index contributed by atoms with van der Waals surface area (Å²) in [6.45, 7) is 1.71. The molecule has 0 saturated carbocycles. The van der Waals surface area contributed by atoms with E-state index in [-0.39, 0.29) is 18.4 Å². The minimum absolute atomic E-state index is 0.0644. The van der Waals surface area contributed by atoms with Gasteiger partial charge in [-0.1, -0.05) is 17.7 Å². The molecule has 0 aromatic heterocycles. The zero-order valence-electron chi connectivity index (χ0n) is 8.36. The molecular weight excluding hydrogens is 188 g/mol. The predicted octanol–water partition coefficient (Wildman–Crippen LogP) is 1.72. The minimum Gasteiger partial charge on any atom is -0.267 e. The fraction of sp³-hybridized carbons (Fsp3) is 0.333. The van der Waals surface area contributed by atoms with E-state index in [1.54, 1.807) is 12.1 Å². The summed E-state index contributed by atoms with van der Waals surface area (Å²) in [5, 5.41) is 0. The van der Waals surface area contributed by atoms with E-state index in [1.165, 1.54) is 12.1 Å². The average Bonchev–Trinajstić information content (AvgIpc) is 2.16. The molecule has 1 aromatic rings. The van der Waals surface area contributed by atoms with Gasteiger partial charge in [0.2, 0.25) is 0 Å². The van der Waals surface area contributed by atoms with E-state index in [9.17, 15) is 8.42 Å². The Hall–Kier alpha value is -0.870. The quantitative estimate of drug-likeness (QED) is 0.699. The SMILES string of the molecule is [2H]CCOS(=O)(=O)c1ccc(C)cc1. The Morgan fingerprint density at radius 1 is 1.38 bits per heavy atom. The maximum Gasteiger partial charge on any atom is 0.296 e. The zero-order valence-corrected chi connectivity index (χ0v) is 8.17. The van der Waals surface area contributed by atoms with Crippen LogP contribution in [0.25, 0.3) is 0 Å². The van der Waals surface area contributed by atoms with Gasteiger partial charge in [-0.05, 0) is 26.0 Å². The van der Waals surface area contributed by atoms with Crippen molar-refractivity contribution in [3.8, 4) is 0 Å². The first-order chi connectivity index (χ1) is 6.56. The summed E-state index contributed by atoms with van der Waals surface area (Å²) in [5.41, 5.74) is 0.990. The van der Waals surface area contributed by atoms with Crippen LogP contribution >= 0.6 is 0 Å². The van der Waals surface area contributed by atoms with Crippen molar-refractivity contribution in [2.75, 3.05) is 6.61 Å². The van der Waals surface area contributed by atoms with E-state index in [0.717, 1.165) is 5.56 Å². The largest absolute Gasteiger partial charge is 0.296 e. The van der Waals surface area contributed by atoms with Crippen molar-refractivity contribution in [3.63, 3.8) is 0 Å². The molecule has 3 nitrogen and oxygen atoms in total. The minimum atomic E-state index is -3.66. The summed E-state index contributed by atoms with van der Waals surface area (Å²) >= 11 is 0. The summed E-state index contributed by atoms with van der Waals surface area (Å²) in [7, 11) is -3.66. The first-order valence-electron chi connectivity index (χ1n) is 4.52. The highest BCUT2D eigenvalue weighted by molar-refractivity contribution is 7.86. The third kappa shape index (κ3) is 2.54. The molecule has 0 aliphatic carbocycles. The second-order valence-electron chi connectivity index (χ2n) is 2.59. The molecule has 0 atom stereocenters. The highest BCUT2D eigenvalue weighted by Gasteiger charge is 2.12. The van der Waals surface area contributed by atoms with Gasteiger partial charge in [-0.2, -0.15) is 8.42 Å². The Labute approximate surface area is 79.9 Å². The second-order valence-corrected chi connectivity index (χ2v) is 4.20. The van der Waals surface area contributed by atoms with Gasteiger partial charge in [0, 0.05) is 1.37 Å². The molecule has 0 aliphatic rings. The van der Waals surface area contributed by atoms with E-state index < -0.39 is 10.1 Å². The van der Waals surface area contributed by atoms with Gasteiger partial charge in [0.05, 0.1) is 11.5 Å². The van der Waals surface area contributed by atoms with Gasteiger partial charge in [-0.15, -0.1) is 0 Å². The summed E-state index contributed by atoms with van der Waals surface area (Å²) < 4.78 is 34.2. The van der Waals surface area contributed by atoms with Crippen LogP contribution in [0.4, 0.5) is 0 Å². The van der Waals surface area contributed by atoms with Gasteiger partial charge in [-0.25, -0.2) is 0 Å². The maximum absolute atomic E-state index is 11.4. The first kappa shape index (κ1) is 8.72. The molecule has 0 amide bonds. The second kappa shape index (κ2) is 3.89. The highest BCUT2D eigenvalue weighted by Crippen LogP contribution is 2.12. The number of hydrogen-bond acceptors (Lipinski definition) is 3. The summed E-state index contributed by atoms with van der Waals surface area (Å²) in [5.74, 6) is 0. The molecule has 0 aliphatic heterocycles. The molecular formula is C9H12O3S. The fourth-order valence-corrected chi connectivity index (χ4v) is 1.71. The van der Waals surface area contributed by atoms with Crippen LogP contribution in [-0.2, 0) is 14.3 Å². The molecule has 4 heteroatoms. The molecule has 13 heavy (non-hydrogen) atoms. The van der Waals surface area contributed by atoms with Crippen molar-refractivity contribution in [1.29, 1.82) is 0 Å². The highest BCUT2D eigenvalue weighted by atomic mass is 32.2. The standard InChI is InChI=1S/C9H12O3S/c1-3-12-13(10,11)9-6-4-8(2)5-7-9/h4-7H,3H2,1-2H3/i1D. The predicted molar refractivity (Wildman–Crippen MR) is 50.0 cm³/mol. The summed E-state index contributed by atoms with van der Waals surface area (Å²) in [4.78, 5) is 0.136. The van der Waals surface area contributed by atoms with Crippen molar-refractivity contribution in [3.05, 3.63) is 29.8 Å². The van der Waals surface area contributed by atoms with Crippen LogP contribution in [0.2, 0.25) is 0 Å². The number of hydrogen-bond donors (Lipinski definition) is 0. The molecule has 72 valence electrons. The van der Waals surface area contributed by atoms with Crippen LogP contribution in [0.15, 0.2) is 29.2 Å². The Kier molecular flexibility index (Phi) is 2.61. The number of benzene rings is 1. The topological polar surface area (TPSA) is 43.4 Å². The van der Waals surface area contributed by atoms with E-state index in [4.69, 9.17) is 1.37 Å². The van der Waals surface area contributed by atoms with Crippen molar-refractivity contribution in [2.24, 2.45) is 0 Å². The van der Waals surface area contributed by atoms with Crippen LogP contribution in [0.1, 0.15) is 13.8 Å². The van der Waals surface area contributed by atoms with Crippen LogP contribution in [0.3, 0.4) is 0 Å². The lowest BCUT2D eigenvalue weighted by Gasteiger charge is -2.02. The first-order valence-corrected chi connectivity index (χ1v) is 5.22. The van der Waals surface area contributed by atoms with Gasteiger partial charge in [0.1, 0.15) is 0 Å². The molecule has 0 heterocycles. The molecule has 0 unspecified atom stereocenters. The van der Waals surface area contributed by atoms with E-state index in [0.29, 0.717) is 0 Å². The smallest absolute Gasteiger partial charge is 0.267 e. The normalized spacial score (nSPS) is 12.5. The molecule has 1 rings (SSSR count). The molecule has 0 spiro atoms.